The summed E-state index contributed by atoms with van der Waals surface area (Å²) in [5.74, 6) is 2.33. The molecule has 0 radical (unpaired) electrons. The quantitative estimate of drug-likeness (QED) is 0.337. The molecule has 0 atom stereocenters. The molecule has 1 amide bonds. The van der Waals surface area contributed by atoms with Gasteiger partial charge in [0.25, 0.3) is 5.91 Å². The molecule has 34 heavy (non-hydrogen) atoms. The Hall–Kier alpha value is -4.52. The largest absolute Gasteiger partial charge is 0.497 e. The number of hydrogen-bond acceptors (Lipinski definition) is 5. The average molecular weight is 453 g/mol. The number of methoxy groups -OCH3 is 2. The van der Waals surface area contributed by atoms with Crippen LogP contribution in [0.3, 0.4) is 0 Å². The molecule has 5 rings (SSSR count). The molecule has 1 aromatic heterocycles. The van der Waals surface area contributed by atoms with Gasteiger partial charge in [0, 0.05) is 23.1 Å². The van der Waals surface area contributed by atoms with Crippen molar-refractivity contribution in [3.8, 4) is 17.2 Å². The first-order valence-corrected chi connectivity index (χ1v) is 10.8. The Bertz CT molecular complexity index is 1460. The van der Waals surface area contributed by atoms with Crippen LogP contribution >= 0.6 is 0 Å². The number of nitrogens with one attached hydrogen (secondary N) is 2. The molecule has 0 unspecified atom stereocenters. The molecular weight excluding hydrogens is 430 g/mol. The van der Waals surface area contributed by atoms with Crippen molar-refractivity contribution in [3.63, 3.8) is 0 Å². The third-order valence-electron chi connectivity index (χ3n) is 5.62. The Balaban J connectivity index is 1.33. The zero-order valence-corrected chi connectivity index (χ0v) is 18.8. The van der Waals surface area contributed by atoms with Gasteiger partial charge in [0.1, 0.15) is 23.9 Å². The van der Waals surface area contributed by atoms with Crippen molar-refractivity contribution >= 4 is 33.4 Å². The predicted molar refractivity (Wildman–Crippen MR) is 132 cm³/mol. The fourth-order valence-electron chi connectivity index (χ4n) is 3.90. The number of ether oxygens (including phenoxy) is 3. The first kappa shape index (κ1) is 21.3. The predicted octanol–water partition coefficient (Wildman–Crippen LogP) is 5.56. The first-order valence-electron chi connectivity index (χ1n) is 10.8. The Kier molecular flexibility index (Phi) is 5.74. The Morgan fingerprint density at radius 2 is 1.62 bits per heavy atom. The van der Waals surface area contributed by atoms with Crippen LogP contribution in [0.1, 0.15) is 15.9 Å². The van der Waals surface area contributed by atoms with Crippen LogP contribution in [0.5, 0.6) is 17.2 Å². The molecule has 0 fully saturated rings. The summed E-state index contributed by atoms with van der Waals surface area (Å²) in [6.45, 7) is 0.345. The summed E-state index contributed by atoms with van der Waals surface area (Å²) in [7, 11) is 3.23. The lowest BCUT2D eigenvalue weighted by Crippen LogP contribution is -2.12. The Morgan fingerprint density at radius 3 is 2.41 bits per heavy atom. The summed E-state index contributed by atoms with van der Waals surface area (Å²) >= 11 is 0. The molecule has 0 saturated heterocycles. The maximum absolute atomic E-state index is 13.0. The van der Waals surface area contributed by atoms with E-state index >= 15 is 0 Å². The summed E-state index contributed by atoms with van der Waals surface area (Å²) in [5, 5.41) is 12.9. The number of fused-ring (bicyclic) bond motifs is 2. The van der Waals surface area contributed by atoms with Crippen molar-refractivity contribution in [1.29, 1.82) is 0 Å². The third kappa shape index (κ3) is 4.23. The third-order valence-corrected chi connectivity index (χ3v) is 5.62. The minimum Gasteiger partial charge on any atom is -0.497 e. The highest BCUT2D eigenvalue weighted by Crippen LogP contribution is 2.28. The van der Waals surface area contributed by atoms with Gasteiger partial charge in [-0.25, -0.2) is 0 Å². The van der Waals surface area contributed by atoms with E-state index in [1.165, 1.54) is 0 Å². The van der Waals surface area contributed by atoms with E-state index in [0.29, 0.717) is 35.2 Å². The minimum absolute atomic E-state index is 0.211. The normalized spacial score (nSPS) is 10.9. The standard InChI is InChI=1S/C27H23N3O4/c1-32-20-12-17(13-21(14-20)33-2)16-34-19-10-11-24-25(15-19)29-30-26(24)28-27(31)23-9-5-7-18-6-3-4-8-22(18)23/h3-15H,16H2,1-2H3,(H2,28,29,30,31). The van der Waals surface area contributed by atoms with Crippen LogP contribution in [-0.2, 0) is 6.61 Å². The van der Waals surface area contributed by atoms with Gasteiger partial charge in [0.05, 0.1) is 19.7 Å². The van der Waals surface area contributed by atoms with Crippen molar-refractivity contribution < 1.29 is 19.0 Å². The highest BCUT2D eigenvalue weighted by Gasteiger charge is 2.14. The summed E-state index contributed by atoms with van der Waals surface area (Å²) < 4.78 is 16.6. The first-order chi connectivity index (χ1) is 16.6. The lowest BCUT2D eigenvalue weighted by molar-refractivity contribution is 0.102. The molecule has 0 aliphatic heterocycles. The van der Waals surface area contributed by atoms with Crippen LogP contribution in [0.2, 0.25) is 0 Å². The molecular formula is C27H23N3O4. The van der Waals surface area contributed by atoms with Gasteiger partial charge in [-0.2, -0.15) is 5.10 Å². The number of anilines is 1. The van der Waals surface area contributed by atoms with Gasteiger partial charge in [0.2, 0.25) is 0 Å². The van der Waals surface area contributed by atoms with Crippen LogP contribution in [0, 0.1) is 0 Å². The number of aromatic nitrogens is 2. The maximum Gasteiger partial charge on any atom is 0.257 e. The number of H-pyrrole nitrogens is 1. The smallest absolute Gasteiger partial charge is 0.257 e. The van der Waals surface area contributed by atoms with Crippen LogP contribution in [0.25, 0.3) is 21.7 Å². The van der Waals surface area contributed by atoms with Gasteiger partial charge in [-0.1, -0.05) is 36.4 Å². The van der Waals surface area contributed by atoms with Crippen LogP contribution < -0.4 is 19.5 Å². The average Bonchev–Trinajstić information content (AvgIpc) is 3.28. The second kappa shape index (κ2) is 9.15. The molecule has 7 nitrogen and oxygen atoms in total. The molecule has 0 bridgehead atoms. The van der Waals surface area contributed by atoms with Crippen molar-refractivity contribution in [2.24, 2.45) is 0 Å². The molecule has 7 heteroatoms. The number of nitrogens with zero attached hydrogens (tertiary/aromatic N) is 1. The van der Waals surface area contributed by atoms with E-state index in [2.05, 4.69) is 15.5 Å². The van der Waals surface area contributed by atoms with Crippen LogP contribution in [0.15, 0.2) is 78.9 Å². The van der Waals surface area contributed by atoms with Gasteiger partial charge >= 0.3 is 0 Å². The molecule has 5 aromatic rings. The van der Waals surface area contributed by atoms with Crippen LogP contribution in [0.4, 0.5) is 5.82 Å². The summed E-state index contributed by atoms with van der Waals surface area (Å²) in [6.07, 6.45) is 0. The molecule has 0 saturated carbocycles. The van der Waals surface area contributed by atoms with Crippen LogP contribution in [-0.4, -0.2) is 30.3 Å². The molecule has 2 N–H and O–H groups in total. The fraction of sp³-hybridized carbons (Fsp3) is 0.111. The van der Waals surface area contributed by atoms with Gasteiger partial charge < -0.3 is 19.5 Å². The Morgan fingerprint density at radius 1 is 0.853 bits per heavy atom. The molecule has 1 heterocycles. The lowest BCUT2D eigenvalue weighted by Gasteiger charge is -2.10. The number of carbonyl (C=O) groups excluding carboxylic acids is 1. The number of aromatic amines is 1. The van der Waals surface area contributed by atoms with E-state index in [1.807, 2.05) is 78.9 Å². The van der Waals surface area contributed by atoms with E-state index in [-0.39, 0.29) is 5.91 Å². The van der Waals surface area contributed by atoms with E-state index < -0.39 is 0 Å². The highest BCUT2D eigenvalue weighted by molar-refractivity contribution is 6.14. The van der Waals surface area contributed by atoms with E-state index in [0.717, 1.165) is 27.2 Å². The zero-order valence-electron chi connectivity index (χ0n) is 18.8. The van der Waals surface area contributed by atoms with Crippen molar-refractivity contribution in [1.82, 2.24) is 10.2 Å². The SMILES string of the molecule is COc1cc(COc2ccc3c(NC(=O)c4cccc5ccccc45)n[nH]c3c2)cc(OC)c1. The summed E-state index contributed by atoms with van der Waals surface area (Å²) in [4.78, 5) is 13.0. The fourth-order valence-corrected chi connectivity index (χ4v) is 3.90. The van der Waals surface area contributed by atoms with E-state index in [1.54, 1.807) is 14.2 Å². The highest BCUT2D eigenvalue weighted by atomic mass is 16.5. The van der Waals surface area contributed by atoms with Gasteiger partial charge in [-0.05, 0) is 46.7 Å². The van der Waals surface area contributed by atoms with Gasteiger partial charge in [0.15, 0.2) is 5.82 Å². The topological polar surface area (TPSA) is 85.5 Å². The number of carbonyl (C=O) groups is 1. The zero-order chi connectivity index (χ0) is 23.5. The van der Waals surface area contributed by atoms with Crippen molar-refractivity contribution in [3.05, 3.63) is 90.0 Å². The van der Waals surface area contributed by atoms with Crippen molar-refractivity contribution in [2.75, 3.05) is 19.5 Å². The van der Waals surface area contributed by atoms with E-state index in [4.69, 9.17) is 14.2 Å². The second-order valence-corrected chi connectivity index (χ2v) is 7.77. The lowest BCUT2D eigenvalue weighted by atomic mass is 10.0. The second-order valence-electron chi connectivity index (χ2n) is 7.77. The van der Waals surface area contributed by atoms with Gasteiger partial charge in [-0.15, -0.1) is 0 Å². The molecule has 0 aliphatic carbocycles. The number of benzene rings is 4. The monoisotopic (exact) mass is 453 g/mol. The molecule has 4 aromatic carbocycles. The molecule has 0 spiro atoms. The molecule has 0 aliphatic rings. The van der Waals surface area contributed by atoms with Crippen molar-refractivity contribution in [2.45, 2.75) is 6.61 Å². The maximum atomic E-state index is 13.0. The summed E-state index contributed by atoms with van der Waals surface area (Å²) in [5.41, 5.74) is 2.28. The number of rotatable bonds is 7. The van der Waals surface area contributed by atoms with E-state index in [9.17, 15) is 4.79 Å². The Labute approximate surface area is 196 Å². The van der Waals surface area contributed by atoms with Gasteiger partial charge in [-0.3, -0.25) is 9.89 Å². The number of hydrogen-bond donors (Lipinski definition) is 2. The molecule has 170 valence electrons. The summed E-state index contributed by atoms with van der Waals surface area (Å²) in [6, 6.07) is 24.7. The minimum atomic E-state index is -0.211. The number of amides is 1.